The van der Waals surface area contributed by atoms with Crippen LogP contribution in [0.15, 0.2) is 23.1 Å². The van der Waals surface area contributed by atoms with Crippen molar-refractivity contribution in [2.45, 2.75) is 11.0 Å². The lowest BCUT2D eigenvalue weighted by atomic mass is 10.3. The van der Waals surface area contributed by atoms with Crippen molar-refractivity contribution in [3.8, 4) is 0 Å². The Hall–Kier alpha value is -2.11. The molecule has 1 amide bonds. The second kappa shape index (κ2) is 5.90. The van der Waals surface area contributed by atoms with Gasteiger partial charge in [0, 0.05) is 12.6 Å². The average Bonchev–Trinajstić information content (AvgIpc) is 2.35. The quantitative estimate of drug-likeness (QED) is 0.446. The van der Waals surface area contributed by atoms with Gasteiger partial charge < -0.3 is 10.8 Å². The molecule has 1 aromatic rings. The molecule has 1 atom stereocenters. The van der Waals surface area contributed by atoms with E-state index in [4.69, 9.17) is 10.8 Å². The fraction of sp³-hybridized carbons (Fsp3) is 0.222. The van der Waals surface area contributed by atoms with Gasteiger partial charge >= 0.3 is 0 Å². The van der Waals surface area contributed by atoms with Gasteiger partial charge in [-0.2, -0.15) is 0 Å². The number of nitro benzene ring substituents is 1. The van der Waals surface area contributed by atoms with Crippen LogP contribution >= 0.6 is 0 Å². The molecule has 110 valence electrons. The van der Waals surface area contributed by atoms with Crippen LogP contribution < -0.4 is 10.5 Å². The lowest BCUT2D eigenvalue weighted by Crippen LogP contribution is -2.40. The molecule has 0 saturated carbocycles. The Bertz CT molecular complexity index is 647. The number of hydrogen-bond acceptors (Lipinski definition) is 6. The van der Waals surface area contributed by atoms with Crippen molar-refractivity contribution in [2.24, 2.45) is 5.73 Å². The molecule has 0 saturated heterocycles. The van der Waals surface area contributed by atoms with Crippen LogP contribution in [0.3, 0.4) is 0 Å². The van der Waals surface area contributed by atoms with Gasteiger partial charge in [-0.25, -0.2) is 17.5 Å². The molecule has 0 aliphatic carbocycles. The van der Waals surface area contributed by atoms with E-state index in [0.29, 0.717) is 12.1 Å². The van der Waals surface area contributed by atoms with Crippen molar-refractivity contribution in [3.63, 3.8) is 0 Å². The average molecular weight is 307 g/mol. The van der Waals surface area contributed by atoms with Crippen LogP contribution in [-0.2, 0) is 14.8 Å². The Morgan fingerprint density at radius 3 is 2.60 bits per heavy atom. The standard InChI is InChI=1S/C9H10FN3O6S/c10-6-3-5(13(16)17)1-2-8(6)20(18,19)12-4-7(14)9(11)15/h1-3,7,12,14H,4H2,(H2,11,15). The van der Waals surface area contributed by atoms with Gasteiger partial charge in [-0.05, 0) is 6.07 Å². The molecular weight excluding hydrogens is 297 g/mol. The Morgan fingerprint density at radius 1 is 1.55 bits per heavy atom. The fourth-order valence-electron chi connectivity index (χ4n) is 1.19. The summed E-state index contributed by atoms with van der Waals surface area (Å²) in [5.74, 6) is -2.49. The molecule has 20 heavy (non-hydrogen) atoms. The molecule has 0 aliphatic rings. The van der Waals surface area contributed by atoms with Crippen molar-refractivity contribution in [3.05, 3.63) is 34.1 Å². The van der Waals surface area contributed by atoms with E-state index in [1.807, 2.05) is 0 Å². The number of nitrogens with two attached hydrogens (primary N) is 1. The summed E-state index contributed by atoms with van der Waals surface area (Å²) in [6.45, 7) is -0.742. The maximum absolute atomic E-state index is 13.5. The van der Waals surface area contributed by atoms with E-state index in [1.54, 1.807) is 4.72 Å². The first kappa shape index (κ1) is 15.9. The maximum Gasteiger partial charge on any atom is 0.272 e. The normalized spacial score (nSPS) is 12.9. The highest BCUT2D eigenvalue weighted by Gasteiger charge is 2.23. The van der Waals surface area contributed by atoms with Gasteiger partial charge in [0.25, 0.3) is 5.69 Å². The van der Waals surface area contributed by atoms with Crippen LogP contribution in [0.1, 0.15) is 0 Å². The molecular formula is C9H10FN3O6S. The molecule has 4 N–H and O–H groups in total. The van der Waals surface area contributed by atoms with Gasteiger partial charge in [-0.1, -0.05) is 0 Å². The predicted octanol–water partition coefficient (Wildman–Crippen LogP) is -1.14. The number of carbonyl (C=O) groups is 1. The fourth-order valence-corrected chi connectivity index (χ4v) is 2.28. The molecule has 0 spiro atoms. The van der Waals surface area contributed by atoms with Crippen LogP contribution in [0.2, 0.25) is 0 Å². The molecule has 0 bridgehead atoms. The second-order valence-electron chi connectivity index (χ2n) is 3.64. The second-order valence-corrected chi connectivity index (χ2v) is 5.38. The summed E-state index contributed by atoms with van der Waals surface area (Å²) in [4.78, 5) is 19.2. The Labute approximate surface area is 112 Å². The summed E-state index contributed by atoms with van der Waals surface area (Å²) in [5.41, 5.74) is 4.10. The highest BCUT2D eigenvalue weighted by molar-refractivity contribution is 7.89. The number of nitrogens with one attached hydrogen (secondary N) is 1. The molecule has 0 heterocycles. The Balaban J connectivity index is 2.99. The highest BCUT2D eigenvalue weighted by Crippen LogP contribution is 2.20. The zero-order valence-corrected chi connectivity index (χ0v) is 10.6. The molecule has 1 aromatic carbocycles. The smallest absolute Gasteiger partial charge is 0.272 e. The van der Waals surface area contributed by atoms with Crippen molar-refractivity contribution in [1.29, 1.82) is 0 Å². The molecule has 0 fully saturated rings. The minimum absolute atomic E-state index is 0.444. The van der Waals surface area contributed by atoms with E-state index in [9.17, 15) is 27.7 Å². The number of hydrogen-bond donors (Lipinski definition) is 3. The summed E-state index contributed by atoms with van der Waals surface area (Å²) in [5, 5.41) is 19.4. The third-order valence-electron chi connectivity index (χ3n) is 2.21. The predicted molar refractivity (Wildman–Crippen MR) is 63.4 cm³/mol. The SMILES string of the molecule is NC(=O)C(O)CNS(=O)(=O)c1ccc([N+](=O)[O-])cc1F. The third kappa shape index (κ3) is 3.69. The summed E-state index contributed by atoms with van der Waals surface area (Å²) >= 11 is 0. The molecule has 11 heteroatoms. The number of halogens is 1. The zero-order valence-electron chi connectivity index (χ0n) is 9.82. The van der Waals surface area contributed by atoms with Crippen LogP contribution in [0.5, 0.6) is 0 Å². The van der Waals surface area contributed by atoms with Gasteiger partial charge in [0.1, 0.15) is 16.8 Å². The van der Waals surface area contributed by atoms with Crippen molar-refractivity contribution < 1.29 is 27.6 Å². The first-order chi connectivity index (χ1) is 9.15. The monoisotopic (exact) mass is 307 g/mol. The van der Waals surface area contributed by atoms with E-state index in [0.717, 1.165) is 6.07 Å². The number of aliphatic hydroxyl groups is 1. The van der Waals surface area contributed by atoms with E-state index in [2.05, 4.69) is 0 Å². The van der Waals surface area contributed by atoms with Crippen molar-refractivity contribution in [2.75, 3.05) is 6.54 Å². The number of nitrogens with zero attached hydrogens (tertiary/aromatic N) is 1. The molecule has 1 unspecified atom stereocenters. The first-order valence-corrected chi connectivity index (χ1v) is 6.54. The van der Waals surface area contributed by atoms with E-state index < -0.39 is 49.9 Å². The summed E-state index contributed by atoms with van der Waals surface area (Å²) in [7, 11) is -4.38. The van der Waals surface area contributed by atoms with Crippen molar-refractivity contribution in [1.82, 2.24) is 4.72 Å². The lowest BCUT2D eigenvalue weighted by molar-refractivity contribution is -0.385. The number of nitro groups is 1. The van der Waals surface area contributed by atoms with Gasteiger partial charge in [0.05, 0.1) is 11.0 Å². The Morgan fingerprint density at radius 2 is 2.15 bits per heavy atom. The van der Waals surface area contributed by atoms with Crippen LogP contribution in [0.25, 0.3) is 0 Å². The number of rotatable bonds is 6. The number of non-ortho nitro benzene ring substituents is 1. The minimum atomic E-state index is -4.38. The maximum atomic E-state index is 13.5. The lowest BCUT2D eigenvalue weighted by Gasteiger charge is -2.09. The van der Waals surface area contributed by atoms with Gasteiger partial charge in [0.15, 0.2) is 0 Å². The highest BCUT2D eigenvalue weighted by atomic mass is 32.2. The number of amides is 1. The number of benzene rings is 1. The van der Waals surface area contributed by atoms with Gasteiger partial charge in [0.2, 0.25) is 15.9 Å². The van der Waals surface area contributed by atoms with E-state index in [-0.39, 0.29) is 0 Å². The van der Waals surface area contributed by atoms with Crippen LogP contribution in [-0.4, -0.2) is 37.0 Å². The molecule has 1 rings (SSSR count). The largest absolute Gasteiger partial charge is 0.382 e. The molecule has 0 radical (unpaired) electrons. The number of primary amides is 1. The van der Waals surface area contributed by atoms with Crippen molar-refractivity contribution >= 4 is 21.6 Å². The molecule has 0 aliphatic heterocycles. The summed E-state index contributed by atoms with van der Waals surface area (Å²) in [6.07, 6.45) is -1.77. The number of aliphatic hydroxyl groups excluding tert-OH is 1. The number of carbonyl (C=O) groups excluding carboxylic acids is 1. The van der Waals surface area contributed by atoms with Gasteiger partial charge in [-0.3, -0.25) is 14.9 Å². The zero-order chi connectivity index (χ0) is 15.5. The van der Waals surface area contributed by atoms with Crippen LogP contribution in [0, 0.1) is 15.9 Å². The minimum Gasteiger partial charge on any atom is -0.382 e. The number of sulfonamides is 1. The summed E-state index contributed by atoms with van der Waals surface area (Å²) < 4.78 is 38.6. The first-order valence-electron chi connectivity index (χ1n) is 5.06. The third-order valence-corrected chi connectivity index (χ3v) is 3.67. The molecule has 0 aromatic heterocycles. The van der Waals surface area contributed by atoms with E-state index in [1.165, 1.54) is 0 Å². The van der Waals surface area contributed by atoms with E-state index >= 15 is 0 Å². The molecule has 9 nitrogen and oxygen atoms in total. The summed E-state index contributed by atoms with van der Waals surface area (Å²) in [6, 6.07) is 1.95. The van der Waals surface area contributed by atoms with Crippen LogP contribution in [0.4, 0.5) is 10.1 Å². The topological polar surface area (TPSA) is 153 Å². The van der Waals surface area contributed by atoms with Gasteiger partial charge in [-0.15, -0.1) is 0 Å². The Kier molecular flexibility index (Phi) is 4.70.